The van der Waals surface area contributed by atoms with Crippen LogP contribution in [0.25, 0.3) is 11.0 Å². The van der Waals surface area contributed by atoms with E-state index in [9.17, 15) is 0 Å². The summed E-state index contributed by atoms with van der Waals surface area (Å²) in [6, 6.07) is 1.88. The van der Waals surface area contributed by atoms with E-state index in [4.69, 9.17) is 0 Å². The van der Waals surface area contributed by atoms with E-state index in [1.807, 2.05) is 6.07 Å². The molecule has 0 fully saturated rings. The van der Waals surface area contributed by atoms with Gasteiger partial charge in [0.2, 0.25) is 0 Å². The van der Waals surface area contributed by atoms with Gasteiger partial charge in [0.15, 0.2) is 0 Å². The number of aromatic nitrogens is 3. The number of rotatable bonds is 1. The lowest BCUT2D eigenvalue weighted by atomic mass is 10.3. The second-order valence-electron chi connectivity index (χ2n) is 2.58. The molecule has 0 aliphatic heterocycles. The third-order valence-corrected chi connectivity index (χ3v) is 1.76. The van der Waals surface area contributed by atoms with Crippen molar-refractivity contribution in [3.63, 3.8) is 0 Å². The van der Waals surface area contributed by atoms with Crippen molar-refractivity contribution in [3.8, 4) is 0 Å². The zero-order valence-corrected chi connectivity index (χ0v) is 6.86. The second kappa shape index (κ2) is 2.85. The van der Waals surface area contributed by atoms with Crippen LogP contribution in [0.15, 0.2) is 24.7 Å². The normalized spacial score (nSPS) is 10.4. The molecule has 0 spiro atoms. The van der Waals surface area contributed by atoms with Crippen LogP contribution in [0, 0.1) is 0 Å². The standard InChI is InChI=1S/C9H9N3/c1-2-7-5-11-9-6-10-4-3-8(9)12-7/h3-6H,2H2,1H3. The molecule has 0 aliphatic carbocycles. The van der Waals surface area contributed by atoms with E-state index < -0.39 is 0 Å². The van der Waals surface area contributed by atoms with Gasteiger partial charge in [-0.2, -0.15) is 0 Å². The molecule has 0 saturated carbocycles. The fourth-order valence-electron chi connectivity index (χ4n) is 1.07. The van der Waals surface area contributed by atoms with Crippen LogP contribution in [0.4, 0.5) is 0 Å². The Labute approximate surface area is 70.5 Å². The van der Waals surface area contributed by atoms with Crippen LogP contribution < -0.4 is 0 Å². The number of aryl methyl sites for hydroxylation is 1. The summed E-state index contributed by atoms with van der Waals surface area (Å²) in [7, 11) is 0. The second-order valence-corrected chi connectivity index (χ2v) is 2.58. The van der Waals surface area contributed by atoms with Gasteiger partial charge in [0.1, 0.15) is 5.52 Å². The zero-order valence-electron chi connectivity index (χ0n) is 6.86. The highest BCUT2D eigenvalue weighted by Gasteiger charge is 1.95. The van der Waals surface area contributed by atoms with Gasteiger partial charge in [-0.15, -0.1) is 0 Å². The van der Waals surface area contributed by atoms with E-state index in [-0.39, 0.29) is 0 Å². The number of pyridine rings is 1. The van der Waals surface area contributed by atoms with Gasteiger partial charge in [-0.05, 0) is 12.5 Å². The Morgan fingerprint density at radius 1 is 1.25 bits per heavy atom. The van der Waals surface area contributed by atoms with E-state index in [0.29, 0.717) is 0 Å². The zero-order chi connectivity index (χ0) is 8.39. The largest absolute Gasteiger partial charge is 0.262 e. The van der Waals surface area contributed by atoms with Crippen molar-refractivity contribution < 1.29 is 0 Å². The first-order chi connectivity index (χ1) is 5.90. The molecule has 3 heteroatoms. The van der Waals surface area contributed by atoms with E-state index in [2.05, 4.69) is 21.9 Å². The van der Waals surface area contributed by atoms with Crippen molar-refractivity contribution in [1.29, 1.82) is 0 Å². The molecule has 0 N–H and O–H groups in total. The Morgan fingerprint density at radius 3 is 3.00 bits per heavy atom. The Bertz CT molecular complexity index is 398. The number of hydrogen-bond acceptors (Lipinski definition) is 3. The predicted octanol–water partition coefficient (Wildman–Crippen LogP) is 1.59. The lowest BCUT2D eigenvalue weighted by Crippen LogP contribution is -1.90. The highest BCUT2D eigenvalue weighted by Crippen LogP contribution is 2.06. The fourth-order valence-corrected chi connectivity index (χ4v) is 1.07. The van der Waals surface area contributed by atoms with E-state index in [0.717, 1.165) is 23.1 Å². The minimum Gasteiger partial charge on any atom is -0.262 e. The molecule has 0 radical (unpaired) electrons. The molecule has 0 aromatic carbocycles. The highest BCUT2D eigenvalue weighted by atomic mass is 14.8. The summed E-state index contributed by atoms with van der Waals surface area (Å²) in [6.45, 7) is 2.07. The predicted molar refractivity (Wildman–Crippen MR) is 46.7 cm³/mol. The summed E-state index contributed by atoms with van der Waals surface area (Å²) in [5.41, 5.74) is 2.80. The molecule has 12 heavy (non-hydrogen) atoms. The lowest BCUT2D eigenvalue weighted by Gasteiger charge is -1.97. The van der Waals surface area contributed by atoms with Gasteiger partial charge in [0.25, 0.3) is 0 Å². The molecule has 0 bridgehead atoms. The number of fused-ring (bicyclic) bond motifs is 1. The average Bonchev–Trinajstić information content (AvgIpc) is 2.17. The van der Waals surface area contributed by atoms with Gasteiger partial charge >= 0.3 is 0 Å². The monoisotopic (exact) mass is 159 g/mol. The summed E-state index contributed by atoms with van der Waals surface area (Å²) in [5, 5.41) is 0. The molecule has 0 amide bonds. The third-order valence-electron chi connectivity index (χ3n) is 1.76. The van der Waals surface area contributed by atoms with Crippen molar-refractivity contribution in [1.82, 2.24) is 15.0 Å². The van der Waals surface area contributed by atoms with E-state index in [1.165, 1.54) is 0 Å². The van der Waals surface area contributed by atoms with Gasteiger partial charge in [-0.1, -0.05) is 6.92 Å². The van der Waals surface area contributed by atoms with Gasteiger partial charge < -0.3 is 0 Å². The average molecular weight is 159 g/mol. The van der Waals surface area contributed by atoms with Crippen molar-refractivity contribution in [2.75, 3.05) is 0 Å². The molecular formula is C9H9N3. The van der Waals surface area contributed by atoms with Crippen LogP contribution in [0.1, 0.15) is 12.6 Å². The molecule has 0 atom stereocenters. The summed E-state index contributed by atoms with van der Waals surface area (Å²) in [6.07, 6.45) is 6.17. The van der Waals surface area contributed by atoms with Crippen molar-refractivity contribution in [2.24, 2.45) is 0 Å². The van der Waals surface area contributed by atoms with Crippen molar-refractivity contribution in [2.45, 2.75) is 13.3 Å². The Kier molecular flexibility index (Phi) is 1.70. The Hall–Kier alpha value is -1.51. The van der Waals surface area contributed by atoms with Gasteiger partial charge in [-0.25, -0.2) is 4.98 Å². The summed E-state index contributed by atoms with van der Waals surface area (Å²) >= 11 is 0. The van der Waals surface area contributed by atoms with Gasteiger partial charge in [0.05, 0.1) is 17.4 Å². The number of nitrogens with zero attached hydrogens (tertiary/aromatic N) is 3. The first-order valence-corrected chi connectivity index (χ1v) is 3.96. The molecule has 0 saturated heterocycles. The van der Waals surface area contributed by atoms with E-state index in [1.54, 1.807) is 18.6 Å². The molecule has 2 aromatic rings. The smallest absolute Gasteiger partial charge is 0.107 e. The first kappa shape index (κ1) is 7.16. The maximum absolute atomic E-state index is 4.39. The van der Waals surface area contributed by atoms with Crippen LogP contribution in [-0.2, 0) is 6.42 Å². The van der Waals surface area contributed by atoms with Crippen LogP contribution >= 0.6 is 0 Å². The van der Waals surface area contributed by atoms with Crippen molar-refractivity contribution in [3.05, 3.63) is 30.4 Å². The quantitative estimate of drug-likeness (QED) is 0.634. The minimum atomic E-state index is 0.856. The molecular weight excluding hydrogens is 150 g/mol. The molecule has 2 rings (SSSR count). The number of hydrogen-bond donors (Lipinski definition) is 0. The summed E-state index contributed by atoms with van der Waals surface area (Å²) < 4.78 is 0. The molecule has 0 unspecified atom stereocenters. The highest BCUT2D eigenvalue weighted by molar-refractivity contribution is 5.72. The lowest BCUT2D eigenvalue weighted by molar-refractivity contribution is 1.03. The minimum absolute atomic E-state index is 0.856. The van der Waals surface area contributed by atoms with Crippen molar-refractivity contribution >= 4 is 11.0 Å². The van der Waals surface area contributed by atoms with Crippen LogP contribution in [0.3, 0.4) is 0 Å². The van der Waals surface area contributed by atoms with Crippen LogP contribution in [0.5, 0.6) is 0 Å². The molecule has 2 heterocycles. The Balaban J connectivity index is 2.67. The van der Waals surface area contributed by atoms with Crippen LogP contribution in [-0.4, -0.2) is 15.0 Å². The molecule has 60 valence electrons. The van der Waals surface area contributed by atoms with E-state index >= 15 is 0 Å². The summed E-state index contributed by atoms with van der Waals surface area (Å²) in [5.74, 6) is 0. The SMILES string of the molecule is CCc1cnc2cnccc2n1. The maximum Gasteiger partial charge on any atom is 0.107 e. The van der Waals surface area contributed by atoms with Gasteiger partial charge in [0, 0.05) is 12.4 Å². The fraction of sp³-hybridized carbons (Fsp3) is 0.222. The molecule has 3 nitrogen and oxygen atoms in total. The first-order valence-electron chi connectivity index (χ1n) is 3.96. The summed E-state index contributed by atoms with van der Waals surface area (Å²) in [4.78, 5) is 12.6. The van der Waals surface area contributed by atoms with Crippen LogP contribution in [0.2, 0.25) is 0 Å². The Morgan fingerprint density at radius 2 is 2.17 bits per heavy atom. The molecule has 0 aliphatic rings. The topological polar surface area (TPSA) is 38.7 Å². The molecule has 2 aromatic heterocycles. The maximum atomic E-state index is 4.39. The van der Waals surface area contributed by atoms with Gasteiger partial charge in [-0.3, -0.25) is 9.97 Å². The third kappa shape index (κ3) is 1.13.